The van der Waals surface area contributed by atoms with E-state index in [4.69, 9.17) is 5.73 Å². The molecule has 2 atom stereocenters. The Hall–Kier alpha value is -3.59. The molecular formula is C29H35N5O3. The first-order chi connectivity index (χ1) is 18.0. The van der Waals surface area contributed by atoms with E-state index in [1.807, 2.05) is 48.5 Å². The number of rotatable bonds is 12. The average molecular weight is 502 g/mol. The van der Waals surface area contributed by atoms with Crippen molar-refractivity contribution >= 4 is 11.6 Å². The van der Waals surface area contributed by atoms with Gasteiger partial charge < -0.3 is 11.1 Å². The highest BCUT2D eigenvalue weighted by Gasteiger charge is 2.39. The van der Waals surface area contributed by atoms with E-state index in [1.165, 1.54) is 11.1 Å². The summed E-state index contributed by atoms with van der Waals surface area (Å²) in [5.74, 6) is 0.0160. The fraction of sp³-hybridized carbons (Fsp3) is 0.345. The van der Waals surface area contributed by atoms with Crippen molar-refractivity contribution in [2.75, 3.05) is 26.2 Å². The number of nitrogens with zero attached hydrogens (tertiary/aromatic N) is 3. The maximum Gasteiger partial charge on any atom is 0.269 e. The third-order valence-electron chi connectivity index (χ3n) is 6.94. The van der Waals surface area contributed by atoms with Crippen LogP contribution < -0.4 is 11.1 Å². The number of benzene rings is 3. The predicted molar refractivity (Wildman–Crippen MR) is 145 cm³/mol. The zero-order chi connectivity index (χ0) is 26.0. The molecule has 1 saturated heterocycles. The number of nitrogens with two attached hydrogens (primary N) is 1. The number of non-ortho nitro benzene ring substituents is 1. The van der Waals surface area contributed by atoms with Gasteiger partial charge in [0.2, 0.25) is 5.91 Å². The summed E-state index contributed by atoms with van der Waals surface area (Å²) in [5.41, 5.74) is 9.18. The highest BCUT2D eigenvalue weighted by molar-refractivity contribution is 5.82. The van der Waals surface area contributed by atoms with E-state index in [-0.39, 0.29) is 28.6 Å². The van der Waals surface area contributed by atoms with Gasteiger partial charge in [0.25, 0.3) is 5.69 Å². The third kappa shape index (κ3) is 7.45. The van der Waals surface area contributed by atoms with E-state index in [0.717, 1.165) is 25.1 Å². The van der Waals surface area contributed by atoms with Crippen LogP contribution in [0.15, 0.2) is 84.9 Å². The Kier molecular flexibility index (Phi) is 9.37. The highest BCUT2D eigenvalue weighted by Crippen LogP contribution is 2.27. The van der Waals surface area contributed by atoms with E-state index in [2.05, 4.69) is 39.4 Å². The molecule has 1 aliphatic rings. The fourth-order valence-electron chi connectivity index (χ4n) is 4.99. The first kappa shape index (κ1) is 26.5. The number of likely N-dealkylation sites (tertiary alicyclic amines) is 1. The van der Waals surface area contributed by atoms with Crippen molar-refractivity contribution in [3.05, 3.63) is 112 Å². The Morgan fingerprint density at radius 1 is 0.973 bits per heavy atom. The molecule has 0 aliphatic carbocycles. The number of nitro groups is 1. The van der Waals surface area contributed by atoms with Crippen LogP contribution in [0.25, 0.3) is 0 Å². The standard InChI is InChI=1S/C29H35N5O3/c30-16-17-31-29(35)28-19-27(22-33(28)21-24-9-5-2-6-10-24)32(18-15-23-7-3-1-4-8-23)20-25-11-13-26(14-12-25)34(36)37/h1-14,27-28H,15-22,30H2,(H,31,35). The SMILES string of the molecule is NCCNC(=O)C1CC(N(CCc2ccccc2)Cc2ccc([N+](=O)[O-])cc2)CN1Cc1ccccc1. The lowest BCUT2D eigenvalue weighted by Crippen LogP contribution is -2.44. The lowest BCUT2D eigenvalue weighted by Gasteiger charge is -2.29. The van der Waals surface area contributed by atoms with Gasteiger partial charge in [-0.3, -0.25) is 24.7 Å². The second kappa shape index (κ2) is 13.1. The van der Waals surface area contributed by atoms with Crippen LogP contribution in [-0.2, 0) is 24.3 Å². The quantitative estimate of drug-likeness (QED) is 0.291. The van der Waals surface area contributed by atoms with Crippen molar-refractivity contribution < 1.29 is 9.72 Å². The largest absolute Gasteiger partial charge is 0.353 e. The van der Waals surface area contributed by atoms with Crippen LogP contribution >= 0.6 is 0 Å². The minimum atomic E-state index is -0.375. The molecule has 4 rings (SSSR count). The summed E-state index contributed by atoms with van der Waals surface area (Å²) in [6, 6.07) is 27.3. The van der Waals surface area contributed by atoms with Crippen LogP contribution in [-0.4, -0.2) is 58.9 Å². The molecular weight excluding hydrogens is 466 g/mol. The molecule has 3 N–H and O–H groups in total. The summed E-state index contributed by atoms with van der Waals surface area (Å²) >= 11 is 0. The van der Waals surface area contributed by atoms with E-state index >= 15 is 0 Å². The Morgan fingerprint density at radius 2 is 1.62 bits per heavy atom. The monoisotopic (exact) mass is 501 g/mol. The van der Waals surface area contributed by atoms with Crippen molar-refractivity contribution in [3.8, 4) is 0 Å². The van der Waals surface area contributed by atoms with Crippen LogP contribution in [0.2, 0.25) is 0 Å². The van der Waals surface area contributed by atoms with E-state index in [1.54, 1.807) is 12.1 Å². The number of carbonyl (C=O) groups is 1. The Labute approximate surface area is 218 Å². The van der Waals surface area contributed by atoms with Crippen LogP contribution in [0.1, 0.15) is 23.1 Å². The molecule has 3 aromatic carbocycles. The summed E-state index contributed by atoms with van der Waals surface area (Å²) in [6.45, 7) is 3.80. The molecule has 8 heteroatoms. The Bertz CT molecular complexity index is 1140. The summed E-state index contributed by atoms with van der Waals surface area (Å²) in [4.78, 5) is 28.5. The lowest BCUT2D eigenvalue weighted by atomic mass is 10.1. The van der Waals surface area contributed by atoms with Gasteiger partial charge in [-0.15, -0.1) is 0 Å². The molecule has 3 aromatic rings. The zero-order valence-corrected chi connectivity index (χ0v) is 21.0. The van der Waals surface area contributed by atoms with Gasteiger partial charge in [0.15, 0.2) is 0 Å². The second-order valence-electron chi connectivity index (χ2n) is 9.53. The molecule has 194 valence electrons. The van der Waals surface area contributed by atoms with E-state index < -0.39 is 0 Å². The molecule has 1 aliphatic heterocycles. The molecule has 0 radical (unpaired) electrons. The van der Waals surface area contributed by atoms with Gasteiger partial charge in [-0.25, -0.2) is 0 Å². The molecule has 2 unspecified atom stereocenters. The smallest absolute Gasteiger partial charge is 0.269 e. The molecule has 8 nitrogen and oxygen atoms in total. The summed E-state index contributed by atoms with van der Waals surface area (Å²) in [6.07, 6.45) is 1.60. The lowest BCUT2D eigenvalue weighted by molar-refractivity contribution is -0.384. The van der Waals surface area contributed by atoms with Crippen LogP contribution in [0, 0.1) is 10.1 Å². The Balaban J connectivity index is 1.54. The molecule has 0 spiro atoms. The van der Waals surface area contributed by atoms with Crippen molar-refractivity contribution in [2.24, 2.45) is 5.73 Å². The predicted octanol–water partition coefficient (Wildman–Crippen LogP) is 3.36. The van der Waals surface area contributed by atoms with Gasteiger partial charge in [-0.2, -0.15) is 0 Å². The minimum Gasteiger partial charge on any atom is -0.353 e. The molecule has 37 heavy (non-hydrogen) atoms. The van der Waals surface area contributed by atoms with Gasteiger partial charge in [-0.05, 0) is 29.5 Å². The van der Waals surface area contributed by atoms with Gasteiger partial charge in [0, 0.05) is 57.4 Å². The van der Waals surface area contributed by atoms with Gasteiger partial charge in [0.1, 0.15) is 0 Å². The number of carbonyl (C=O) groups excluding carboxylic acids is 1. The zero-order valence-electron chi connectivity index (χ0n) is 21.0. The number of hydrogen-bond donors (Lipinski definition) is 2. The van der Waals surface area contributed by atoms with E-state index in [9.17, 15) is 14.9 Å². The molecule has 0 bridgehead atoms. The minimum absolute atomic E-state index is 0.0160. The maximum atomic E-state index is 13.1. The van der Waals surface area contributed by atoms with Crippen LogP contribution in [0.4, 0.5) is 5.69 Å². The molecule has 1 heterocycles. The average Bonchev–Trinajstić information content (AvgIpc) is 3.34. The van der Waals surface area contributed by atoms with Crippen molar-refractivity contribution in [3.63, 3.8) is 0 Å². The molecule has 1 fully saturated rings. The van der Waals surface area contributed by atoms with Crippen molar-refractivity contribution in [2.45, 2.75) is 38.0 Å². The summed E-state index contributed by atoms with van der Waals surface area (Å²) in [7, 11) is 0. The van der Waals surface area contributed by atoms with Gasteiger partial charge in [0.05, 0.1) is 11.0 Å². The third-order valence-corrected chi connectivity index (χ3v) is 6.94. The molecule has 1 amide bonds. The first-order valence-corrected chi connectivity index (χ1v) is 12.8. The van der Waals surface area contributed by atoms with Crippen molar-refractivity contribution in [1.29, 1.82) is 0 Å². The fourth-order valence-corrected chi connectivity index (χ4v) is 4.99. The number of hydrogen-bond acceptors (Lipinski definition) is 6. The topological polar surface area (TPSA) is 105 Å². The van der Waals surface area contributed by atoms with Gasteiger partial charge >= 0.3 is 0 Å². The normalized spacial score (nSPS) is 17.7. The van der Waals surface area contributed by atoms with Crippen LogP contribution in [0.5, 0.6) is 0 Å². The molecule has 0 saturated carbocycles. The van der Waals surface area contributed by atoms with E-state index in [0.29, 0.717) is 32.6 Å². The Morgan fingerprint density at radius 3 is 2.24 bits per heavy atom. The molecule has 0 aromatic heterocycles. The number of nitrogens with one attached hydrogen (secondary N) is 1. The number of nitro benzene ring substituents is 1. The summed E-state index contributed by atoms with van der Waals surface area (Å²) < 4.78 is 0. The second-order valence-corrected chi connectivity index (χ2v) is 9.53. The first-order valence-electron chi connectivity index (χ1n) is 12.8. The van der Waals surface area contributed by atoms with Crippen molar-refractivity contribution in [1.82, 2.24) is 15.1 Å². The highest BCUT2D eigenvalue weighted by atomic mass is 16.6. The number of amides is 1. The van der Waals surface area contributed by atoms with Gasteiger partial charge in [-0.1, -0.05) is 72.8 Å². The maximum absolute atomic E-state index is 13.1. The van der Waals surface area contributed by atoms with Crippen LogP contribution in [0.3, 0.4) is 0 Å². The summed E-state index contributed by atoms with van der Waals surface area (Å²) in [5, 5.41) is 14.1.